The van der Waals surface area contributed by atoms with E-state index in [-0.39, 0.29) is 33.8 Å². The first kappa shape index (κ1) is 39.9. The molecule has 4 aromatic heterocycles. The molecule has 334 valence electrons. The molecule has 2 aliphatic rings. The predicted molar refractivity (Wildman–Crippen MR) is 288 cm³/mol. The largest absolute Gasteiger partial charge is 0.458 e. The molecule has 0 radical (unpaired) electrons. The summed E-state index contributed by atoms with van der Waals surface area (Å²) in [5.74, 6) is 2.94. The van der Waals surface area contributed by atoms with Crippen molar-refractivity contribution in [1.29, 1.82) is 0 Å². The van der Waals surface area contributed by atoms with Crippen LogP contribution in [0.4, 0.5) is 0 Å². The molecule has 0 aliphatic carbocycles. The average Bonchev–Trinajstić information content (AvgIpc) is 3.40. The quantitative estimate of drug-likeness (QED) is 0.0974. The second-order valence-electron chi connectivity index (χ2n) is 20.2. The molecule has 9 aromatic carbocycles. The van der Waals surface area contributed by atoms with Crippen molar-refractivity contribution in [3.8, 4) is 45.3 Å². The van der Waals surface area contributed by atoms with E-state index in [4.69, 9.17) is 9.47 Å². The van der Waals surface area contributed by atoms with Crippen molar-refractivity contribution >= 4 is 99.3 Å². The van der Waals surface area contributed by atoms with Crippen molar-refractivity contribution in [3.05, 3.63) is 216 Å². The van der Waals surface area contributed by atoms with Gasteiger partial charge in [-0.1, -0.05) is 93.6 Å². The Morgan fingerprint density at radius 1 is 0.366 bits per heavy atom. The van der Waals surface area contributed by atoms with E-state index in [1.54, 1.807) is 30.3 Å². The summed E-state index contributed by atoms with van der Waals surface area (Å²) >= 11 is 0. The molecule has 15 rings (SSSR count). The third-order valence-corrected chi connectivity index (χ3v) is 15.2. The van der Waals surface area contributed by atoms with Crippen molar-refractivity contribution in [2.75, 3.05) is 0 Å². The predicted octanol–water partition coefficient (Wildman–Crippen LogP) is 10.8. The lowest BCUT2D eigenvalue weighted by Crippen LogP contribution is -2.57. The Balaban J connectivity index is 0.934. The van der Waals surface area contributed by atoms with E-state index in [0.29, 0.717) is 54.1 Å². The van der Waals surface area contributed by atoms with Gasteiger partial charge in [0.2, 0.25) is 0 Å². The lowest BCUT2D eigenvalue weighted by atomic mass is 9.34. The molecule has 0 atom stereocenters. The summed E-state index contributed by atoms with van der Waals surface area (Å²) in [5.41, 5.74) is 11.1. The first-order valence-electron chi connectivity index (χ1n) is 23.8. The van der Waals surface area contributed by atoms with Crippen LogP contribution in [0.2, 0.25) is 0 Å². The normalized spacial score (nSPS) is 13.1. The Morgan fingerprint density at radius 3 is 1.31 bits per heavy atom. The second-order valence-corrected chi connectivity index (χ2v) is 20.2. The van der Waals surface area contributed by atoms with Gasteiger partial charge < -0.3 is 18.3 Å². The second kappa shape index (κ2) is 13.8. The summed E-state index contributed by atoms with van der Waals surface area (Å²) in [7, 11) is 0. The van der Waals surface area contributed by atoms with E-state index in [9.17, 15) is 19.2 Å². The minimum absolute atomic E-state index is 0.0882. The van der Waals surface area contributed by atoms with Crippen molar-refractivity contribution in [3.63, 3.8) is 0 Å². The lowest BCUT2D eigenvalue weighted by molar-refractivity contribution is 0.458. The maximum absolute atomic E-state index is 14.5. The number of nitrogens with zero attached hydrogens (tertiary/aromatic N) is 2. The molecule has 13 aromatic rings. The standard InChI is InChI=1S/C62H37BN2O6/c1-62(2,3)36-30-53-55-54(31-36)71-52-25-21-34(35-18-22-39-50(29-35)65-48-17-7-5-11-38(48)59(67)41-13-8-14-42(57(41)65)60(39)68)28-46(52)63(55)45-27-33(20-24-51(45)70-53)32-19-23-49-44(26-32)61(69)43-15-9-12-40-56(43)64(49)47-16-6-4-10-37(47)58(40)66/h4-31H,1-3H3. The highest BCUT2D eigenvalue weighted by Gasteiger charge is 2.41. The van der Waals surface area contributed by atoms with Crippen LogP contribution in [-0.2, 0) is 5.41 Å². The monoisotopic (exact) mass is 916 g/mol. The van der Waals surface area contributed by atoms with Crippen LogP contribution in [-0.4, -0.2) is 15.5 Å². The van der Waals surface area contributed by atoms with E-state index >= 15 is 0 Å². The van der Waals surface area contributed by atoms with Crippen LogP contribution >= 0.6 is 0 Å². The third-order valence-electron chi connectivity index (χ3n) is 15.2. The Hall–Kier alpha value is -9.08. The summed E-state index contributed by atoms with van der Waals surface area (Å²) < 4.78 is 17.9. The minimum Gasteiger partial charge on any atom is -0.458 e. The Kier molecular flexibility index (Phi) is 7.75. The Labute approximate surface area is 403 Å². The van der Waals surface area contributed by atoms with Gasteiger partial charge in [0.25, 0.3) is 6.71 Å². The smallest absolute Gasteiger partial charge is 0.260 e. The first-order chi connectivity index (χ1) is 34.5. The van der Waals surface area contributed by atoms with Gasteiger partial charge in [-0.05, 0) is 141 Å². The molecule has 2 aliphatic heterocycles. The third kappa shape index (κ3) is 5.35. The van der Waals surface area contributed by atoms with Gasteiger partial charge in [-0.3, -0.25) is 19.2 Å². The van der Waals surface area contributed by atoms with E-state index < -0.39 is 0 Å². The summed E-state index contributed by atoms with van der Waals surface area (Å²) in [5, 5.41) is 4.34. The maximum atomic E-state index is 14.5. The summed E-state index contributed by atoms with van der Waals surface area (Å²) in [4.78, 5) is 56.3. The van der Waals surface area contributed by atoms with Crippen molar-refractivity contribution in [2.24, 2.45) is 0 Å². The number of para-hydroxylation sites is 4. The van der Waals surface area contributed by atoms with E-state index in [0.717, 1.165) is 89.3 Å². The fraction of sp³-hybridized carbons (Fsp3) is 0.0645. The molecule has 0 bridgehead atoms. The number of benzene rings is 9. The van der Waals surface area contributed by atoms with E-state index in [1.807, 2.05) is 97.1 Å². The number of hydrogen-bond acceptors (Lipinski definition) is 6. The number of fused-ring (bicyclic) bond motifs is 12. The van der Waals surface area contributed by atoms with Gasteiger partial charge in [-0.25, -0.2) is 0 Å². The molecule has 8 nitrogen and oxygen atoms in total. The zero-order valence-electron chi connectivity index (χ0n) is 38.6. The number of pyridine rings is 4. The number of rotatable bonds is 2. The molecule has 0 N–H and O–H groups in total. The molecule has 6 heterocycles. The number of aromatic nitrogens is 2. The molecule has 0 saturated carbocycles. The molecule has 0 spiro atoms. The van der Waals surface area contributed by atoms with Crippen LogP contribution in [0.1, 0.15) is 26.3 Å². The van der Waals surface area contributed by atoms with Gasteiger partial charge in [-0.15, -0.1) is 0 Å². The fourth-order valence-corrected chi connectivity index (χ4v) is 11.8. The topological polar surface area (TPSA) is 95.6 Å². The molecule has 71 heavy (non-hydrogen) atoms. The fourth-order valence-electron chi connectivity index (χ4n) is 11.8. The summed E-state index contributed by atoms with van der Waals surface area (Å²) in [6, 6.07) is 54.8. The molecule has 0 amide bonds. The van der Waals surface area contributed by atoms with Gasteiger partial charge in [0, 0.05) is 48.6 Å². The zero-order valence-corrected chi connectivity index (χ0v) is 38.6. The van der Waals surface area contributed by atoms with Crippen molar-refractivity contribution in [2.45, 2.75) is 26.2 Å². The average molecular weight is 917 g/mol. The van der Waals surface area contributed by atoms with Gasteiger partial charge in [0.1, 0.15) is 23.0 Å². The SMILES string of the molecule is CC(C)(C)c1cc2c3c(c1)Oc1ccc(-c4ccc5c(=O)c6cccc7c(=O)c8ccccc8n(c5c4)c76)cc1B3c1cc(-c3ccc4c(c3)c(=O)c3cccc5c(=O)c6ccccc6n4c53)ccc1O2. The van der Waals surface area contributed by atoms with E-state index in [2.05, 4.69) is 72.0 Å². The Morgan fingerprint density at radius 2 is 0.775 bits per heavy atom. The molecular formula is C62H37BN2O6. The van der Waals surface area contributed by atoms with Crippen LogP contribution in [0.25, 0.3) is 98.4 Å². The molecule has 9 heteroatoms. The maximum Gasteiger partial charge on any atom is 0.260 e. The highest BCUT2D eigenvalue weighted by atomic mass is 16.5. The van der Waals surface area contributed by atoms with Gasteiger partial charge in [0.05, 0.1) is 33.1 Å². The number of ether oxygens (including phenoxy) is 2. The molecule has 0 saturated heterocycles. The van der Waals surface area contributed by atoms with Crippen molar-refractivity contribution < 1.29 is 9.47 Å². The number of hydrogen-bond donors (Lipinski definition) is 0. The summed E-state index contributed by atoms with van der Waals surface area (Å²) in [6.07, 6.45) is 0. The van der Waals surface area contributed by atoms with Gasteiger partial charge in [-0.2, -0.15) is 0 Å². The molecular weight excluding hydrogens is 880 g/mol. The molecule has 0 fully saturated rings. The van der Waals surface area contributed by atoms with Crippen LogP contribution in [0, 0.1) is 0 Å². The van der Waals surface area contributed by atoms with Crippen LogP contribution in [0.15, 0.2) is 189 Å². The summed E-state index contributed by atoms with van der Waals surface area (Å²) in [6.45, 7) is 6.26. The van der Waals surface area contributed by atoms with E-state index in [1.165, 1.54) is 0 Å². The van der Waals surface area contributed by atoms with Gasteiger partial charge in [0.15, 0.2) is 21.7 Å². The van der Waals surface area contributed by atoms with Gasteiger partial charge >= 0.3 is 0 Å². The molecule has 0 unspecified atom stereocenters. The highest BCUT2D eigenvalue weighted by Crippen LogP contribution is 2.41. The first-order valence-corrected chi connectivity index (χ1v) is 23.8. The Bertz CT molecular complexity index is 4820. The van der Waals surface area contributed by atoms with Crippen LogP contribution < -0.4 is 47.6 Å². The van der Waals surface area contributed by atoms with Crippen LogP contribution in [0.3, 0.4) is 0 Å². The van der Waals surface area contributed by atoms with Crippen molar-refractivity contribution in [1.82, 2.24) is 8.80 Å². The van der Waals surface area contributed by atoms with Crippen LogP contribution in [0.5, 0.6) is 23.0 Å². The lowest BCUT2D eigenvalue weighted by Gasteiger charge is -2.35. The zero-order chi connectivity index (χ0) is 47.8. The minimum atomic E-state index is -0.290. The highest BCUT2D eigenvalue weighted by molar-refractivity contribution is 6.98.